The molecule has 1 N–H and O–H groups in total. The number of hydrogen-bond acceptors (Lipinski definition) is 6. The van der Waals surface area contributed by atoms with Crippen molar-refractivity contribution in [2.75, 3.05) is 39.4 Å². The van der Waals surface area contributed by atoms with Crippen LogP contribution < -0.4 is 10.1 Å². The van der Waals surface area contributed by atoms with Crippen molar-refractivity contribution in [2.45, 2.75) is 51.4 Å². The Bertz CT molecular complexity index is 1180. The molecule has 0 unspecified atom stereocenters. The van der Waals surface area contributed by atoms with E-state index in [0.29, 0.717) is 57.4 Å². The summed E-state index contributed by atoms with van der Waals surface area (Å²) in [5.41, 5.74) is 1.76. The van der Waals surface area contributed by atoms with Crippen LogP contribution in [0.3, 0.4) is 0 Å². The molecule has 2 aromatic carbocycles. The molecule has 4 bridgehead atoms. The highest BCUT2D eigenvalue weighted by atomic mass is 16.5. The second-order valence-corrected chi connectivity index (χ2v) is 10.5. The first-order valence-electron chi connectivity index (χ1n) is 13.9. The third-order valence-electron chi connectivity index (χ3n) is 7.70. The van der Waals surface area contributed by atoms with Crippen LogP contribution in [0.15, 0.2) is 48.5 Å². The van der Waals surface area contributed by atoms with Gasteiger partial charge in [0.15, 0.2) is 0 Å². The Kier molecular flexibility index (Phi) is 8.78. The molecule has 5 rings (SSSR count). The Morgan fingerprint density at radius 3 is 2.46 bits per heavy atom. The molecule has 0 aliphatic carbocycles. The van der Waals surface area contributed by atoms with E-state index in [0.717, 1.165) is 24.0 Å². The van der Waals surface area contributed by atoms with Gasteiger partial charge in [-0.25, -0.2) is 0 Å². The maximum Gasteiger partial charge on any atom is 0.239 e. The molecule has 3 heterocycles. The lowest BCUT2D eigenvalue weighted by molar-refractivity contribution is -0.144. The number of benzene rings is 2. The molecule has 2 fully saturated rings. The fourth-order valence-corrected chi connectivity index (χ4v) is 5.52. The molecule has 9 nitrogen and oxygen atoms in total. The highest BCUT2D eigenvalue weighted by molar-refractivity contribution is 5.86. The van der Waals surface area contributed by atoms with E-state index in [1.807, 2.05) is 60.4 Å². The minimum Gasteiger partial charge on any atom is -0.457 e. The van der Waals surface area contributed by atoms with Crippen LogP contribution in [0.5, 0.6) is 11.5 Å². The lowest BCUT2D eigenvalue weighted by Crippen LogP contribution is -2.59. The number of piperidine rings is 1. The number of likely N-dealkylation sites (tertiary alicyclic amines) is 1. The minimum absolute atomic E-state index is 0.0455. The van der Waals surface area contributed by atoms with E-state index in [1.165, 1.54) is 0 Å². The van der Waals surface area contributed by atoms with Crippen LogP contribution in [0.25, 0.3) is 0 Å². The number of nitrogens with one attached hydrogen (secondary N) is 1. The molecule has 0 aromatic heterocycles. The van der Waals surface area contributed by atoms with Gasteiger partial charge in [0, 0.05) is 38.8 Å². The van der Waals surface area contributed by atoms with E-state index >= 15 is 0 Å². The Labute approximate surface area is 229 Å². The molecule has 9 heteroatoms. The Morgan fingerprint density at radius 1 is 1.00 bits per heavy atom. The van der Waals surface area contributed by atoms with Gasteiger partial charge in [-0.2, -0.15) is 0 Å². The molecule has 3 amide bonds. The van der Waals surface area contributed by atoms with Gasteiger partial charge in [0.1, 0.15) is 11.5 Å². The zero-order valence-corrected chi connectivity index (χ0v) is 22.5. The molecule has 2 atom stereocenters. The number of amides is 3. The van der Waals surface area contributed by atoms with Gasteiger partial charge in [-0.1, -0.05) is 24.3 Å². The molecular formula is C30H37N3O6. The van der Waals surface area contributed by atoms with Gasteiger partial charge in [-0.15, -0.1) is 0 Å². The van der Waals surface area contributed by atoms with Crippen molar-refractivity contribution in [1.82, 2.24) is 15.1 Å². The summed E-state index contributed by atoms with van der Waals surface area (Å²) >= 11 is 0. The number of carbonyl (C=O) groups is 3. The monoisotopic (exact) mass is 535 g/mol. The number of rotatable bonds is 2. The van der Waals surface area contributed by atoms with Gasteiger partial charge in [0.2, 0.25) is 17.7 Å². The number of ether oxygens (including phenoxy) is 3. The Hall–Kier alpha value is -3.43. The maximum atomic E-state index is 13.3. The van der Waals surface area contributed by atoms with Gasteiger partial charge in [0.05, 0.1) is 31.7 Å². The predicted molar refractivity (Wildman–Crippen MR) is 144 cm³/mol. The Morgan fingerprint density at radius 2 is 1.72 bits per heavy atom. The lowest BCUT2D eigenvalue weighted by Gasteiger charge is -2.40. The fourth-order valence-electron chi connectivity index (χ4n) is 5.52. The number of hydrogen-bond donors (Lipinski definition) is 1. The lowest BCUT2D eigenvalue weighted by atomic mass is 9.95. The third kappa shape index (κ3) is 6.96. The average molecular weight is 536 g/mol. The fraction of sp³-hybridized carbons (Fsp3) is 0.500. The SMILES string of the molecule is CCN1CC(=O)N[C@H]2CN(C(=O)C3CCOCC3)CC[C@@H]2OCc2cccc(c2)Oc2cccc(c2)CC1=O. The number of nitrogens with zero attached hydrogens (tertiary/aromatic N) is 2. The molecular weight excluding hydrogens is 498 g/mol. The normalized spacial score (nSPS) is 23.3. The molecule has 0 spiro atoms. The van der Waals surface area contributed by atoms with Gasteiger partial charge in [0.25, 0.3) is 0 Å². The highest BCUT2D eigenvalue weighted by Gasteiger charge is 2.36. The number of fused-ring (bicyclic) bond motifs is 5. The molecule has 2 aromatic rings. The van der Waals surface area contributed by atoms with E-state index in [2.05, 4.69) is 5.32 Å². The molecule has 0 radical (unpaired) electrons. The second kappa shape index (κ2) is 12.6. The van der Waals surface area contributed by atoms with Gasteiger partial charge < -0.3 is 29.3 Å². The van der Waals surface area contributed by atoms with E-state index in [-0.39, 0.29) is 48.8 Å². The summed E-state index contributed by atoms with van der Waals surface area (Å²) in [6.45, 7) is 4.72. The number of likely N-dealkylation sites (N-methyl/N-ethyl adjacent to an activating group) is 1. The summed E-state index contributed by atoms with van der Waals surface area (Å²) in [5, 5.41) is 3.10. The van der Waals surface area contributed by atoms with Crippen LogP contribution in [-0.4, -0.2) is 79.1 Å². The van der Waals surface area contributed by atoms with E-state index in [4.69, 9.17) is 14.2 Å². The summed E-state index contributed by atoms with van der Waals surface area (Å²) in [4.78, 5) is 43.0. The van der Waals surface area contributed by atoms with Crippen molar-refractivity contribution < 1.29 is 28.6 Å². The third-order valence-corrected chi connectivity index (χ3v) is 7.70. The smallest absolute Gasteiger partial charge is 0.239 e. The standard InChI is InChI=1S/C30H37N3O6/c1-2-32-19-28(34)31-26-18-33(30(36)23-10-13-37-14-11-23)12-9-27(26)38-20-22-6-4-8-25(16-22)39-24-7-3-5-21(15-24)17-29(32)35/h3-8,15-16,23,26-27H,2,9-14,17-20H2,1H3,(H,31,34)/t26-,27-/m0/s1. The van der Waals surface area contributed by atoms with Crippen LogP contribution in [0.2, 0.25) is 0 Å². The first-order valence-corrected chi connectivity index (χ1v) is 13.9. The molecule has 39 heavy (non-hydrogen) atoms. The second-order valence-electron chi connectivity index (χ2n) is 10.5. The van der Waals surface area contributed by atoms with Crippen molar-refractivity contribution in [2.24, 2.45) is 5.92 Å². The quantitative estimate of drug-likeness (QED) is 0.635. The summed E-state index contributed by atoms with van der Waals surface area (Å²) in [6, 6.07) is 14.8. The van der Waals surface area contributed by atoms with Crippen LogP contribution in [0.4, 0.5) is 0 Å². The predicted octanol–water partition coefficient (Wildman–Crippen LogP) is 2.91. The summed E-state index contributed by atoms with van der Waals surface area (Å²) in [5.74, 6) is 1.00. The van der Waals surface area contributed by atoms with Gasteiger partial charge in [-0.3, -0.25) is 14.4 Å². The molecule has 208 valence electrons. The minimum atomic E-state index is -0.381. The van der Waals surface area contributed by atoms with Crippen molar-refractivity contribution in [3.8, 4) is 11.5 Å². The van der Waals surface area contributed by atoms with Crippen molar-refractivity contribution in [3.63, 3.8) is 0 Å². The summed E-state index contributed by atoms with van der Waals surface area (Å²) in [6.07, 6.45) is 1.95. The van der Waals surface area contributed by atoms with Gasteiger partial charge >= 0.3 is 0 Å². The summed E-state index contributed by atoms with van der Waals surface area (Å²) in [7, 11) is 0. The zero-order valence-electron chi connectivity index (χ0n) is 22.5. The molecule has 0 saturated carbocycles. The van der Waals surface area contributed by atoms with Crippen molar-refractivity contribution in [3.05, 3.63) is 59.7 Å². The Balaban J connectivity index is 1.37. The highest BCUT2D eigenvalue weighted by Crippen LogP contribution is 2.26. The van der Waals surface area contributed by atoms with Crippen LogP contribution in [0.1, 0.15) is 37.3 Å². The average Bonchev–Trinajstić information content (AvgIpc) is 2.95. The first kappa shape index (κ1) is 27.1. The van der Waals surface area contributed by atoms with Crippen molar-refractivity contribution >= 4 is 17.7 Å². The largest absolute Gasteiger partial charge is 0.457 e. The summed E-state index contributed by atoms with van der Waals surface area (Å²) < 4.78 is 17.9. The molecule has 2 saturated heterocycles. The van der Waals surface area contributed by atoms with Crippen LogP contribution in [-0.2, 0) is 36.9 Å². The molecule has 3 aliphatic rings. The van der Waals surface area contributed by atoms with Gasteiger partial charge in [-0.05, 0) is 61.6 Å². The van der Waals surface area contributed by atoms with E-state index in [1.54, 1.807) is 4.90 Å². The number of carbonyl (C=O) groups excluding carboxylic acids is 3. The van der Waals surface area contributed by atoms with Crippen molar-refractivity contribution in [1.29, 1.82) is 0 Å². The van der Waals surface area contributed by atoms with Crippen LogP contribution in [0, 0.1) is 5.92 Å². The van der Waals surface area contributed by atoms with E-state index in [9.17, 15) is 14.4 Å². The van der Waals surface area contributed by atoms with E-state index < -0.39 is 0 Å². The topological polar surface area (TPSA) is 97.4 Å². The zero-order chi connectivity index (χ0) is 27.2. The van der Waals surface area contributed by atoms with Crippen LogP contribution >= 0.6 is 0 Å². The molecule has 3 aliphatic heterocycles. The first-order chi connectivity index (χ1) is 19.0. The maximum absolute atomic E-state index is 13.3.